The average Bonchev–Trinajstić information content (AvgIpc) is 2.69. The van der Waals surface area contributed by atoms with E-state index in [0.717, 1.165) is 24.3 Å². The number of nitriles is 2. The molecule has 0 bridgehead atoms. The Hall–Kier alpha value is -1.26. The normalized spacial score (nSPS) is 14.3. The van der Waals surface area contributed by atoms with Gasteiger partial charge in [-0.3, -0.25) is 0 Å². The van der Waals surface area contributed by atoms with Crippen LogP contribution in [-0.2, 0) is 0 Å². The highest BCUT2D eigenvalue weighted by Crippen LogP contribution is 2.28. The largest absolute Gasteiger partial charge is 0.248 e. The summed E-state index contributed by atoms with van der Waals surface area (Å²) >= 11 is 1.50. The number of hydrogen-bond donors (Lipinski definition) is 0. The lowest BCUT2D eigenvalue weighted by atomic mass is 10.1. The lowest BCUT2D eigenvalue weighted by Gasteiger charge is -1.96. The predicted octanol–water partition coefficient (Wildman–Crippen LogP) is 3.01. The number of allylic oxidation sites excluding steroid dienone is 1. The van der Waals surface area contributed by atoms with Gasteiger partial charge in [0, 0.05) is 11.5 Å². The first-order chi connectivity index (χ1) is 7.31. The average molecular weight is 219 g/mol. The summed E-state index contributed by atoms with van der Waals surface area (Å²) < 4.78 is 0. The zero-order valence-corrected chi connectivity index (χ0v) is 9.60. The Morgan fingerprint density at radius 1 is 1.40 bits per heavy atom. The molecule has 0 saturated carbocycles. The SMILES string of the molecule is CCCCCC1=NC(=C(C#N)C#N)SC1. The van der Waals surface area contributed by atoms with E-state index in [-0.39, 0.29) is 5.57 Å². The lowest BCUT2D eigenvalue weighted by Crippen LogP contribution is -1.96. The van der Waals surface area contributed by atoms with E-state index in [9.17, 15) is 0 Å². The van der Waals surface area contributed by atoms with Gasteiger partial charge in [-0.15, -0.1) is 0 Å². The number of rotatable bonds is 4. The van der Waals surface area contributed by atoms with Crippen molar-refractivity contribution in [2.24, 2.45) is 4.99 Å². The first kappa shape index (κ1) is 11.8. The molecule has 0 aliphatic carbocycles. The van der Waals surface area contributed by atoms with Crippen molar-refractivity contribution in [2.75, 3.05) is 5.75 Å². The molecule has 0 atom stereocenters. The molecule has 15 heavy (non-hydrogen) atoms. The van der Waals surface area contributed by atoms with Crippen LogP contribution in [-0.4, -0.2) is 11.5 Å². The first-order valence-corrected chi connectivity index (χ1v) is 6.04. The van der Waals surface area contributed by atoms with E-state index < -0.39 is 0 Å². The third kappa shape index (κ3) is 3.42. The molecular weight excluding hydrogens is 206 g/mol. The maximum Gasteiger partial charge on any atom is 0.161 e. The van der Waals surface area contributed by atoms with Gasteiger partial charge >= 0.3 is 0 Å². The third-order valence-corrected chi connectivity index (χ3v) is 3.19. The highest BCUT2D eigenvalue weighted by molar-refractivity contribution is 8.04. The maximum absolute atomic E-state index is 8.67. The fraction of sp³-hybridized carbons (Fsp3) is 0.545. The lowest BCUT2D eigenvalue weighted by molar-refractivity contribution is 0.741. The van der Waals surface area contributed by atoms with Crippen molar-refractivity contribution in [1.82, 2.24) is 0 Å². The quantitative estimate of drug-likeness (QED) is 0.539. The van der Waals surface area contributed by atoms with Crippen LogP contribution in [0.5, 0.6) is 0 Å². The summed E-state index contributed by atoms with van der Waals surface area (Å²) in [6, 6.07) is 3.74. The Morgan fingerprint density at radius 3 is 2.73 bits per heavy atom. The zero-order chi connectivity index (χ0) is 11.1. The monoisotopic (exact) mass is 219 g/mol. The molecule has 0 unspecified atom stereocenters. The van der Waals surface area contributed by atoms with Crippen LogP contribution in [0, 0.1) is 22.7 Å². The van der Waals surface area contributed by atoms with Gasteiger partial charge in [-0.1, -0.05) is 31.5 Å². The van der Waals surface area contributed by atoms with Gasteiger partial charge in [-0.2, -0.15) is 10.5 Å². The summed E-state index contributed by atoms with van der Waals surface area (Å²) in [7, 11) is 0. The van der Waals surface area contributed by atoms with Crippen molar-refractivity contribution in [2.45, 2.75) is 32.6 Å². The third-order valence-electron chi connectivity index (χ3n) is 2.14. The summed E-state index contributed by atoms with van der Waals surface area (Å²) in [6.07, 6.45) is 4.56. The second kappa shape index (κ2) is 6.27. The fourth-order valence-electron chi connectivity index (χ4n) is 1.32. The van der Waals surface area contributed by atoms with Crippen molar-refractivity contribution < 1.29 is 0 Å². The number of unbranched alkanes of at least 4 members (excludes halogenated alkanes) is 2. The molecule has 1 aliphatic rings. The van der Waals surface area contributed by atoms with Gasteiger partial charge < -0.3 is 0 Å². The summed E-state index contributed by atoms with van der Waals surface area (Å²) in [6.45, 7) is 2.17. The smallest absolute Gasteiger partial charge is 0.161 e. The van der Waals surface area contributed by atoms with Crippen LogP contribution in [0.2, 0.25) is 0 Å². The summed E-state index contributed by atoms with van der Waals surface area (Å²) in [5, 5.41) is 18.0. The molecule has 78 valence electrons. The van der Waals surface area contributed by atoms with Gasteiger partial charge in [-0.05, 0) is 12.8 Å². The van der Waals surface area contributed by atoms with Crippen molar-refractivity contribution in [3.8, 4) is 12.1 Å². The van der Waals surface area contributed by atoms with Crippen molar-refractivity contribution >= 4 is 17.5 Å². The van der Waals surface area contributed by atoms with E-state index >= 15 is 0 Å². The van der Waals surface area contributed by atoms with E-state index in [1.165, 1.54) is 24.6 Å². The van der Waals surface area contributed by atoms with Gasteiger partial charge in [0.2, 0.25) is 0 Å². The van der Waals surface area contributed by atoms with Crippen LogP contribution < -0.4 is 0 Å². The predicted molar refractivity (Wildman–Crippen MR) is 62.3 cm³/mol. The molecule has 1 rings (SSSR count). The molecule has 0 spiro atoms. The molecule has 0 aromatic heterocycles. The molecule has 1 heterocycles. The number of thioether (sulfide) groups is 1. The summed E-state index contributed by atoms with van der Waals surface area (Å²) in [5.74, 6) is 0.839. The van der Waals surface area contributed by atoms with Gasteiger partial charge in [0.25, 0.3) is 0 Å². The Kier molecular flexibility index (Phi) is 4.93. The Balaban J connectivity index is 2.59. The molecule has 1 aliphatic heterocycles. The van der Waals surface area contributed by atoms with Crippen LogP contribution in [0.3, 0.4) is 0 Å². The van der Waals surface area contributed by atoms with Gasteiger partial charge in [-0.25, -0.2) is 4.99 Å². The first-order valence-electron chi connectivity index (χ1n) is 5.05. The van der Waals surface area contributed by atoms with E-state index in [0.29, 0.717) is 5.03 Å². The van der Waals surface area contributed by atoms with Crippen molar-refractivity contribution in [3.63, 3.8) is 0 Å². The minimum atomic E-state index is 0.144. The summed E-state index contributed by atoms with van der Waals surface area (Å²) in [5.41, 5.74) is 1.26. The van der Waals surface area contributed by atoms with Gasteiger partial charge in [0.1, 0.15) is 17.2 Å². The highest BCUT2D eigenvalue weighted by atomic mass is 32.2. The number of nitrogens with zero attached hydrogens (tertiary/aromatic N) is 3. The molecule has 0 aromatic carbocycles. The van der Waals surface area contributed by atoms with Gasteiger partial charge in [0.15, 0.2) is 5.57 Å². The highest BCUT2D eigenvalue weighted by Gasteiger charge is 2.15. The molecule has 0 amide bonds. The molecule has 0 fully saturated rings. The van der Waals surface area contributed by atoms with Gasteiger partial charge in [0.05, 0.1) is 0 Å². The van der Waals surface area contributed by atoms with Crippen LogP contribution >= 0.6 is 11.8 Å². The number of aliphatic imine (C=N–C) groups is 1. The van der Waals surface area contributed by atoms with Crippen molar-refractivity contribution in [3.05, 3.63) is 10.6 Å². The Bertz CT molecular complexity index is 352. The van der Waals surface area contributed by atoms with Crippen molar-refractivity contribution in [1.29, 1.82) is 10.5 Å². The Morgan fingerprint density at radius 2 is 2.13 bits per heavy atom. The van der Waals surface area contributed by atoms with E-state index in [2.05, 4.69) is 11.9 Å². The van der Waals surface area contributed by atoms with Crippen LogP contribution in [0.4, 0.5) is 0 Å². The molecular formula is C11H13N3S. The minimum absolute atomic E-state index is 0.144. The van der Waals surface area contributed by atoms with Crippen LogP contribution in [0.15, 0.2) is 15.6 Å². The van der Waals surface area contributed by atoms with E-state index in [1.807, 2.05) is 12.1 Å². The molecule has 0 aromatic rings. The molecule has 0 saturated heterocycles. The molecule has 3 nitrogen and oxygen atoms in total. The second-order valence-electron chi connectivity index (χ2n) is 3.33. The minimum Gasteiger partial charge on any atom is -0.248 e. The molecule has 0 N–H and O–H groups in total. The molecule has 4 heteroatoms. The standard InChI is InChI=1S/C11H13N3S/c1-2-3-4-5-10-8-15-11(14-10)9(6-12)7-13/h2-5,8H2,1H3. The molecule has 0 radical (unpaired) electrons. The topological polar surface area (TPSA) is 59.9 Å². The summed E-state index contributed by atoms with van der Waals surface area (Å²) in [4.78, 5) is 4.32. The zero-order valence-electron chi connectivity index (χ0n) is 8.79. The van der Waals surface area contributed by atoms with Crippen LogP contribution in [0.25, 0.3) is 0 Å². The number of hydrogen-bond acceptors (Lipinski definition) is 4. The fourth-order valence-corrected chi connectivity index (χ4v) is 2.26. The second-order valence-corrected chi connectivity index (χ2v) is 4.29. The van der Waals surface area contributed by atoms with E-state index in [4.69, 9.17) is 10.5 Å². The maximum atomic E-state index is 8.67. The Labute approximate surface area is 94.5 Å². The van der Waals surface area contributed by atoms with E-state index in [1.54, 1.807) is 0 Å². The van der Waals surface area contributed by atoms with Crippen LogP contribution in [0.1, 0.15) is 32.6 Å².